The van der Waals surface area contributed by atoms with Crippen LogP contribution in [0.2, 0.25) is 5.02 Å². The number of oxime groups is 1. The zero-order valence-electron chi connectivity index (χ0n) is 12.8. The summed E-state index contributed by atoms with van der Waals surface area (Å²) in [6.07, 6.45) is 1.82. The van der Waals surface area contributed by atoms with Crippen LogP contribution in [0.1, 0.15) is 35.9 Å². The number of thiophene rings is 1. The predicted molar refractivity (Wildman–Crippen MR) is 89.0 cm³/mol. The smallest absolute Gasteiger partial charge is 0.269 e. The van der Waals surface area contributed by atoms with Crippen LogP contribution in [0.3, 0.4) is 0 Å². The van der Waals surface area contributed by atoms with Crippen LogP contribution in [0.5, 0.6) is 0 Å². The van der Waals surface area contributed by atoms with Gasteiger partial charge < -0.3 is 15.1 Å². The number of carbonyl (C=O) groups is 2. The molecule has 0 atom stereocenters. The van der Waals surface area contributed by atoms with Gasteiger partial charge >= 0.3 is 0 Å². The zero-order valence-corrected chi connectivity index (χ0v) is 14.4. The molecule has 0 aliphatic carbocycles. The summed E-state index contributed by atoms with van der Waals surface area (Å²) in [6, 6.07) is 1.73. The molecule has 8 heteroatoms. The molecular weight excluding hydrogens is 338 g/mol. The predicted octanol–water partition coefficient (Wildman–Crippen LogP) is 2.29. The first-order valence-corrected chi connectivity index (χ1v) is 8.86. The Balaban J connectivity index is 1.58. The third-order valence-corrected chi connectivity index (χ3v) is 5.54. The second-order valence-corrected chi connectivity index (χ2v) is 7.06. The number of hydrogen-bond donors (Lipinski definition) is 1. The number of likely N-dealkylation sites (tertiary alicyclic amines) is 1. The number of halogens is 1. The lowest BCUT2D eigenvalue weighted by atomic mass is 9.86. The quantitative estimate of drug-likeness (QED) is 0.904. The molecular formula is C15H18ClN3O3S. The molecule has 1 aromatic heterocycles. The Hall–Kier alpha value is -1.60. The van der Waals surface area contributed by atoms with Crippen LogP contribution in [0.25, 0.3) is 0 Å². The molecule has 3 rings (SSSR count). The van der Waals surface area contributed by atoms with E-state index >= 15 is 0 Å². The van der Waals surface area contributed by atoms with Crippen LogP contribution in [0.15, 0.2) is 16.6 Å². The molecule has 2 aliphatic rings. The van der Waals surface area contributed by atoms with Crippen molar-refractivity contribution >= 4 is 40.5 Å². The summed E-state index contributed by atoms with van der Waals surface area (Å²) in [5.74, 6) is -0.212. The van der Waals surface area contributed by atoms with Crippen LogP contribution < -0.4 is 5.32 Å². The molecule has 0 unspecified atom stereocenters. The lowest BCUT2D eigenvalue weighted by Crippen LogP contribution is -2.47. The van der Waals surface area contributed by atoms with Crippen LogP contribution in [0.4, 0.5) is 0 Å². The number of piperidine rings is 1. The van der Waals surface area contributed by atoms with E-state index in [1.807, 2.05) is 12.3 Å². The normalized spacial score (nSPS) is 19.4. The summed E-state index contributed by atoms with van der Waals surface area (Å²) < 4.78 is 0. The third kappa shape index (κ3) is 3.21. The van der Waals surface area contributed by atoms with Crippen molar-refractivity contribution in [3.05, 3.63) is 21.3 Å². The van der Waals surface area contributed by atoms with Crippen molar-refractivity contribution in [1.82, 2.24) is 10.2 Å². The van der Waals surface area contributed by atoms with E-state index in [0.29, 0.717) is 54.5 Å². The minimum Gasteiger partial charge on any atom is -0.388 e. The Morgan fingerprint density at radius 3 is 2.83 bits per heavy atom. The molecule has 1 N–H and O–H groups in total. The number of rotatable bonds is 3. The Morgan fingerprint density at radius 2 is 2.22 bits per heavy atom. The van der Waals surface area contributed by atoms with Gasteiger partial charge in [-0.2, -0.15) is 0 Å². The molecule has 0 radical (unpaired) electrons. The van der Waals surface area contributed by atoms with Crippen molar-refractivity contribution in [3.63, 3.8) is 0 Å². The van der Waals surface area contributed by atoms with Crippen molar-refractivity contribution < 1.29 is 14.4 Å². The van der Waals surface area contributed by atoms with E-state index in [0.717, 1.165) is 0 Å². The fraction of sp³-hybridized carbons (Fsp3) is 0.533. The van der Waals surface area contributed by atoms with Crippen LogP contribution in [-0.4, -0.2) is 47.7 Å². The fourth-order valence-corrected chi connectivity index (χ4v) is 3.98. The van der Waals surface area contributed by atoms with E-state index in [1.165, 1.54) is 11.3 Å². The van der Waals surface area contributed by atoms with E-state index in [9.17, 15) is 9.59 Å². The molecule has 1 spiro atoms. The van der Waals surface area contributed by atoms with E-state index in [2.05, 4.69) is 10.5 Å². The minimum atomic E-state index is -0.448. The van der Waals surface area contributed by atoms with Gasteiger partial charge in [-0.05, 0) is 18.4 Å². The molecule has 1 saturated heterocycles. The first-order chi connectivity index (χ1) is 11.0. The Morgan fingerprint density at radius 1 is 1.48 bits per heavy atom. The van der Waals surface area contributed by atoms with Gasteiger partial charge in [-0.15, -0.1) is 11.3 Å². The van der Waals surface area contributed by atoms with Crippen molar-refractivity contribution in [2.75, 3.05) is 19.6 Å². The van der Waals surface area contributed by atoms with Gasteiger partial charge in [-0.3, -0.25) is 9.59 Å². The second-order valence-electron chi connectivity index (χ2n) is 5.74. The molecule has 124 valence electrons. The highest BCUT2D eigenvalue weighted by Gasteiger charge is 2.44. The average molecular weight is 356 g/mol. The van der Waals surface area contributed by atoms with Crippen molar-refractivity contribution in [2.24, 2.45) is 5.16 Å². The van der Waals surface area contributed by atoms with E-state index in [4.69, 9.17) is 16.4 Å². The second kappa shape index (κ2) is 6.49. The monoisotopic (exact) mass is 355 g/mol. The molecule has 1 aromatic rings. The van der Waals surface area contributed by atoms with Crippen molar-refractivity contribution in [1.29, 1.82) is 0 Å². The SMILES string of the molecule is CCNC(=O)C1=NOC2(CCN(C(=O)c3sccc3Cl)CC2)C1. The van der Waals surface area contributed by atoms with E-state index < -0.39 is 5.60 Å². The lowest BCUT2D eigenvalue weighted by molar-refractivity contribution is -0.114. The van der Waals surface area contributed by atoms with Gasteiger partial charge in [0.2, 0.25) is 0 Å². The highest BCUT2D eigenvalue weighted by molar-refractivity contribution is 7.12. The van der Waals surface area contributed by atoms with Crippen LogP contribution in [0, 0.1) is 0 Å². The Kier molecular flexibility index (Phi) is 4.59. The van der Waals surface area contributed by atoms with Crippen molar-refractivity contribution in [2.45, 2.75) is 31.8 Å². The topological polar surface area (TPSA) is 71.0 Å². The van der Waals surface area contributed by atoms with E-state index in [1.54, 1.807) is 11.0 Å². The molecule has 3 heterocycles. The van der Waals surface area contributed by atoms with E-state index in [-0.39, 0.29) is 11.8 Å². The maximum absolute atomic E-state index is 12.5. The fourth-order valence-electron chi connectivity index (χ4n) is 2.88. The highest BCUT2D eigenvalue weighted by atomic mass is 35.5. The summed E-state index contributed by atoms with van der Waals surface area (Å²) in [5.41, 5.74) is -0.0101. The standard InChI is InChI=1S/C15H18ClN3O3S/c1-2-17-13(20)11-9-15(22-18-11)4-6-19(7-5-15)14(21)12-10(16)3-8-23-12/h3,8H,2,4-7,9H2,1H3,(H,17,20). The molecule has 2 amide bonds. The number of nitrogens with zero attached hydrogens (tertiary/aromatic N) is 2. The third-order valence-electron chi connectivity index (χ3n) is 4.21. The lowest BCUT2D eigenvalue weighted by Gasteiger charge is -2.37. The van der Waals surface area contributed by atoms with Gasteiger partial charge in [0.1, 0.15) is 16.2 Å². The van der Waals surface area contributed by atoms with Gasteiger partial charge in [0.15, 0.2) is 0 Å². The van der Waals surface area contributed by atoms with Gasteiger partial charge in [0.25, 0.3) is 11.8 Å². The summed E-state index contributed by atoms with van der Waals surface area (Å²) in [5, 5.41) is 8.99. The van der Waals surface area contributed by atoms with Crippen LogP contribution >= 0.6 is 22.9 Å². The minimum absolute atomic E-state index is 0.0392. The molecule has 0 bridgehead atoms. The summed E-state index contributed by atoms with van der Waals surface area (Å²) in [7, 11) is 0. The number of carbonyl (C=O) groups excluding carboxylic acids is 2. The van der Waals surface area contributed by atoms with Gasteiger partial charge in [0, 0.05) is 38.9 Å². The van der Waals surface area contributed by atoms with Gasteiger partial charge in [-0.1, -0.05) is 16.8 Å². The summed E-state index contributed by atoms with van der Waals surface area (Å²) in [6.45, 7) is 3.58. The van der Waals surface area contributed by atoms with Crippen molar-refractivity contribution in [3.8, 4) is 0 Å². The summed E-state index contributed by atoms with van der Waals surface area (Å²) >= 11 is 7.39. The zero-order chi connectivity index (χ0) is 16.4. The number of amides is 2. The largest absolute Gasteiger partial charge is 0.388 e. The maximum atomic E-state index is 12.5. The maximum Gasteiger partial charge on any atom is 0.269 e. The molecule has 2 aliphatic heterocycles. The average Bonchev–Trinajstić information content (AvgIpc) is 3.15. The molecule has 23 heavy (non-hydrogen) atoms. The van der Waals surface area contributed by atoms with Gasteiger partial charge in [-0.25, -0.2) is 0 Å². The molecule has 0 saturated carbocycles. The van der Waals surface area contributed by atoms with Gasteiger partial charge in [0.05, 0.1) is 5.02 Å². The first-order valence-electron chi connectivity index (χ1n) is 7.60. The first kappa shape index (κ1) is 16.3. The summed E-state index contributed by atoms with van der Waals surface area (Å²) in [4.78, 5) is 32.2. The Labute approximate surface area is 143 Å². The molecule has 1 fully saturated rings. The Bertz CT molecular complexity index is 650. The van der Waals surface area contributed by atoms with Crippen LogP contribution in [-0.2, 0) is 9.63 Å². The highest BCUT2D eigenvalue weighted by Crippen LogP contribution is 2.35. The number of hydrogen-bond acceptors (Lipinski definition) is 5. The molecule has 0 aromatic carbocycles. The number of nitrogens with one attached hydrogen (secondary N) is 1. The molecule has 6 nitrogen and oxygen atoms in total.